The summed E-state index contributed by atoms with van der Waals surface area (Å²) < 4.78 is 11.1. The van der Waals surface area contributed by atoms with Crippen molar-refractivity contribution >= 4 is 11.7 Å². The lowest BCUT2D eigenvalue weighted by Crippen LogP contribution is -2.16. The van der Waals surface area contributed by atoms with E-state index >= 15 is 0 Å². The zero-order valence-corrected chi connectivity index (χ0v) is 11.0. The Morgan fingerprint density at radius 3 is 2.58 bits per heavy atom. The first kappa shape index (κ1) is 13.1. The van der Waals surface area contributed by atoms with E-state index in [2.05, 4.69) is 20.0 Å². The van der Waals surface area contributed by atoms with Gasteiger partial charge in [0.1, 0.15) is 24.5 Å². The van der Waals surface area contributed by atoms with Crippen molar-refractivity contribution < 1.29 is 14.2 Å². The van der Waals surface area contributed by atoms with E-state index < -0.39 is 5.97 Å². The first-order chi connectivity index (χ1) is 8.99. The number of carbonyl (C=O) groups excluding carboxylic acids is 1. The van der Waals surface area contributed by atoms with Gasteiger partial charge in [0.2, 0.25) is 0 Å². The van der Waals surface area contributed by atoms with E-state index in [-0.39, 0.29) is 13.2 Å². The number of esters is 1. The maximum Gasteiger partial charge on any atom is 0.328 e. The van der Waals surface area contributed by atoms with Gasteiger partial charge in [-0.3, -0.25) is 9.48 Å². The van der Waals surface area contributed by atoms with Gasteiger partial charge in [0.05, 0.1) is 17.1 Å². The molecule has 0 atom stereocenters. The molecule has 0 bridgehead atoms. The summed E-state index contributed by atoms with van der Waals surface area (Å²) in [5.41, 5.74) is 8.91. The van der Waals surface area contributed by atoms with E-state index in [1.165, 1.54) is 4.68 Å². The molecule has 0 spiro atoms. The van der Waals surface area contributed by atoms with Gasteiger partial charge < -0.3 is 10.5 Å². The highest BCUT2D eigenvalue weighted by atomic mass is 16.6. The van der Waals surface area contributed by atoms with Crippen LogP contribution in [0.3, 0.4) is 0 Å². The number of hydrogen-bond acceptors (Lipinski definition) is 7. The molecule has 0 aliphatic rings. The second-order valence-electron chi connectivity index (χ2n) is 4.20. The van der Waals surface area contributed by atoms with Crippen LogP contribution in [-0.4, -0.2) is 26.1 Å². The number of rotatable bonds is 4. The van der Waals surface area contributed by atoms with E-state index in [0.717, 1.165) is 5.69 Å². The lowest BCUT2D eigenvalue weighted by molar-refractivity contribution is -0.146. The molecule has 0 amide bonds. The molecule has 2 rings (SSSR count). The number of nitrogens with two attached hydrogens (primary N) is 1. The molecule has 0 saturated heterocycles. The average molecular weight is 265 g/mol. The van der Waals surface area contributed by atoms with Crippen LogP contribution in [-0.2, 0) is 22.7 Å². The van der Waals surface area contributed by atoms with Crippen LogP contribution in [0.15, 0.2) is 4.63 Å². The van der Waals surface area contributed by atoms with Crippen LogP contribution in [0.1, 0.15) is 22.8 Å². The fourth-order valence-corrected chi connectivity index (χ4v) is 1.56. The lowest BCUT2D eigenvalue weighted by atomic mass is 10.3. The minimum Gasteiger partial charge on any atom is -0.458 e. The van der Waals surface area contributed by atoms with Gasteiger partial charge in [-0.05, 0) is 20.8 Å². The maximum absolute atomic E-state index is 11.7. The van der Waals surface area contributed by atoms with Gasteiger partial charge in [-0.25, -0.2) is 4.63 Å². The number of anilines is 1. The van der Waals surface area contributed by atoms with Gasteiger partial charge in [0, 0.05) is 0 Å². The summed E-state index contributed by atoms with van der Waals surface area (Å²) in [7, 11) is 0. The Hall–Kier alpha value is -2.38. The predicted molar refractivity (Wildman–Crippen MR) is 64.9 cm³/mol. The Morgan fingerprint density at radius 1 is 1.32 bits per heavy atom. The van der Waals surface area contributed by atoms with Crippen LogP contribution in [0, 0.1) is 20.8 Å². The zero-order chi connectivity index (χ0) is 14.0. The van der Waals surface area contributed by atoms with Gasteiger partial charge in [-0.15, -0.1) is 0 Å². The quantitative estimate of drug-likeness (QED) is 0.802. The van der Waals surface area contributed by atoms with E-state index in [4.69, 9.17) is 10.5 Å². The molecule has 0 unspecified atom stereocenters. The molecule has 0 fully saturated rings. The molecular weight excluding hydrogens is 250 g/mol. The molecule has 0 saturated carbocycles. The van der Waals surface area contributed by atoms with Gasteiger partial charge in [0.25, 0.3) is 0 Å². The van der Waals surface area contributed by atoms with E-state index in [1.54, 1.807) is 20.8 Å². The molecule has 0 aliphatic heterocycles. The number of aryl methyl sites for hydroxylation is 2. The molecule has 2 aromatic rings. The highest BCUT2D eigenvalue weighted by Gasteiger charge is 2.13. The fraction of sp³-hybridized carbons (Fsp3) is 0.455. The largest absolute Gasteiger partial charge is 0.458 e. The molecule has 0 aliphatic carbocycles. The molecular formula is C11H15N5O3. The van der Waals surface area contributed by atoms with Gasteiger partial charge in [-0.1, -0.05) is 10.3 Å². The maximum atomic E-state index is 11.7. The van der Waals surface area contributed by atoms with Gasteiger partial charge in [-0.2, -0.15) is 5.10 Å². The average Bonchev–Trinajstić information content (AvgIpc) is 2.87. The number of aromatic nitrogens is 4. The van der Waals surface area contributed by atoms with Crippen molar-refractivity contribution in [2.24, 2.45) is 0 Å². The van der Waals surface area contributed by atoms with Crippen molar-refractivity contribution in [3.63, 3.8) is 0 Å². The van der Waals surface area contributed by atoms with E-state index in [0.29, 0.717) is 22.8 Å². The van der Waals surface area contributed by atoms with Crippen LogP contribution < -0.4 is 5.73 Å². The third kappa shape index (κ3) is 2.72. The molecule has 8 heteroatoms. The van der Waals surface area contributed by atoms with Crippen LogP contribution in [0.2, 0.25) is 0 Å². The third-order valence-corrected chi connectivity index (χ3v) is 2.83. The molecule has 2 heterocycles. The number of hydrogen-bond donors (Lipinski definition) is 1. The minimum atomic E-state index is -0.423. The molecule has 2 aromatic heterocycles. The van der Waals surface area contributed by atoms with Gasteiger partial charge >= 0.3 is 5.97 Å². The predicted octanol–water partition coefficient (Wildman–Crippen LogP) is 0.517. The summed E-state index contributed by atoms with van der Waals surface area (Å²) >= 11 is 0. The molecule has 2 N–H and O–H groups in total. The Morgan fingerprint density at radius 2 is 2.05 bits per heavy atom. The standard InChI is InChI=1S/C11H15N5O3/c1-6-9(15-19-14-6)5-18-10(17)4-16-8(3)11(12)7(2)13-16/h4-5,12H2,1-3H3. The van der Waals surface area contributed by atoms with Crippen LogP contribution in [0.25, 0.3) is 0 Å². The summed E-state index contributed by atoms with van der Waals surface area (Å²) in [6, 6.07) is 0. The summed E-state index contributed by atoms with van der Waals surface area (Å²) in [4.78, 5) is 11.7. The first-order valence-electron chi connectivity index (χ1n) is 5.72. The molecule has 19 heavy (non-hydrogen) atoms. The first-order valence-corrected chi connectivity index (χ1v) is 5.72. The molecule has 0 aromatic carbocycles. The zero-order valence-electron chi connectivity index (χ0n) is 11.0. The molecule has 102 valence electrons. The van der Waals surface area contributed by atoms with E-state index in [1.807, 2.05) is 0 Å². The van der Waals surface area contributed by atoms with Crippen molar-refractivity contribution in [1.82, 2.24) is 20.1 Å². The van der Waals surface area contributed by atoms with Crippen molar-refractivity contribution in [3.05, 3.63) is 22.8 Å². The highest BCUT2D eigenvalue weighted by Crippen LogP contribution is 2.14. The summed E-state index contributed by atoms with van der Waals surface area (Å²) in [6.45, 7) is 5.35. The summed E-state index contributed by atoms with van der Waals surface area (Å²) in [5.74, 6) is -0.423. The SMILES string of the molecule is Cc1nonc1COC(=O)Cn1nc(C)c(N)c1C. The molecule has 8 nitrogen and oxygen atoms in total. The van der Waals surface area contributed by atoms with Crippen molar-refractivity contribution in [2.75, 3.05) is 5.73 Å². The number of nitrogen functional groups attached to an aromatic ring is 1. The van der Waals surface area contributed by atoms with Crippen LogP contribution >= 0.6 is 0 Å². The normalized spacial score (nSPS) is 10.7. The number of carbonyl (C=O) groups is 1. The Labute approximate surface area is 109 Å². The Bertz CT molecular complexity index is 601. The summed E-state index contributed by atoms with van der Waals surface area (Å²) in [5, 5.41) is 11.4. The van der Waals surface area contributed by atoms with Gasteiger partial charge in [0.15, 0.2) is 0 Å². The summed E-state index contributed by atoms with van der Waals surface area (Å²) in [6.07, 6.45) is 0. The minimum absolute atomic E-state index is 0.00814. The Balaban J connectivity index is 1.94. The Kier molecular flexibility index (Phi) is 3.50. The number of ether oxygens (including phenoxy) is 1. The third-order valence-electron chi connectivity index (χ3n) is 2.83. The second-order valence-corrected chi connectivity index (χ2v) is 4.20. The lowest BCUT2D eigenvalue weighted by Gasteiger charge is -2.05. The van der Waals surface area contributed by atoms with Crippen molar-refractivity contribution in [3.8, 4) is 0 Å². The van der Waals surface area contributed by atoms with Crippen LogP contribution in [0.4, 0.5) is 5.69 Å². The highest BCUT2D eigenvalue weighted by molar-refractivity contribution is 5.69. The van der Waals surface area contributed by atoms with E-state index in [9.17, 15) is 4.79 Å². The monoisotopic (exact) mass is 265 g/mol. The van der Waals surface area contributed by atoms with Crippen LogP contribution in [0.5, 0.6) is 0 Å². The topological polar surface area (TPSA) is 109 Å². The van der Waals surface area contributed by atoms with Crippen molar-refractivity contribution in [2.45, 2.75) is 33.9 Å². The second kappa shape index (κ2) is 5.09. The molecule has 0 radical (unpaired) electrons. The smallest absolute Gasteiger partial charge is 0.328 e. The number of nitrogens with zero attached hydrogens (tertiary/aromatic N) is 4. The van der Waals surface area contributed by atoms with Crippen molar-refractivity contribution in [1.29, 1.82) is 0 Å². The fourth-order valence-electron chi connectivity index (χ4n) is 1.56.